The highest BCUT2D eigenvalue weighted by Crippen LogP contribution is 2.13. The minimum absolute atomic E-state index is 0.341. The van der Waals surface area contributed by atoms with Crippen molar-refractivity contribution in [3.05, 3.63) is 0 Å². The van der Waals surface area contributed by atoms with E-state index < -0.39 is 11.9 Å². The van der Waals surface area contributed by atoms with Gasteiger partial charge in [-0.3, -0.25) is 9.59 Å². The first-order chi connectivity index (χ1) is 20.0. The van der Waals surface area contributed by atoms with Crippen LogP contribution in [0.15, 0.2) is 0 Å². The fraction of sp³-hybridized carbons (Fsp3) is 0.946. The molecule has 0 fully saturated rings. The molecule has 0 aliphatic carbocycles. The van der Waals surface area contributed by atoms with Gasteiger partial charge in [-0.15, -0.1) is 0 Å². The maximum absolute atomic E-state index is 10.2. The summed E-state index contributed by atoms with van der Waals surface area (Å²) in [6.07, 6.45) is 39.0. The first-order valence-electron chi connectivity index (χ1n) is 18.4. The molecule has 0 atom stereocenters. The van der Waals surface area contributed by atoms with E-state index in [-0.39, 0.29) is 0 Å². The van der Waals surface area contributed by atoms with E-state index in [1.165, 1.54) is 161 Å². The monoisotopic (exact) mass is 585 g/mol. The summed E-state index contributed by atoms with van der Waals surface area (Å²) in [4.78, 5) is 20.3. The van der Waals surface area contributed by atoms with Gasteiger partial charge in [0.1, 0.15) is 0 Å². The summed E-state index contributed by atoms with van der Waals surface area (Å²) >= 11 is 0. The number of carbonyl (C=O) groups is 2. The Bertz CT molecular complexity index is 466. The minimum Gasteiger partial charge on any atom is -0.481 e. The van der Waals surface area contributed by atoms with E-state index >= 15 is 0 Å². The van der Waals surface area contributed by atoms with Gasteiger partial charge in [-0.25, -0.2) is 0 Å². The van der Waals surface area contributed by atoms with Crippen molar-refractivity contribution in [3.8, 4) is 0 Å². The lowest BCUT2D eigenvalue weighted by Gasteiger charge is -2.01. The third-order valence-electron chi connectivity index (χ3n) is 7.70. The number of aliphatic carboxylic acids is 2. The van der Waals surface area contributed by atoms with Crippen LogP contribution in [0.2, 0.25) is 0 Å². The maximum Gasteiger partial charge on any atom is 0.303 e. The average Bonchev–Trinajstić information content (AvgIpc) is 2.95. The highest BCUT2D eigenvalue weighted by Gasteiger charge is 1.97. The van der Waals surface area contributed by atoms with E-state index in [2.05, 4.69) is 27.7 Å². The molecule has 0 saturated heterocycles. The summed E-state index contributed by atoms with van der Waals surface area (Å²) in [5, 5.41) is 16.8. The molecular formula is C37H76O4. The second-order valence-corrected chi connectivity index (χ2v) is 12.1. The van der Waals surface area contributed by atoms with E-state index in [1.54, 1.807) is 0 Å². The Morgan fingerprint density at radius 3 is 0.585 bits per heavy atom. The quantitative estimate of drug-likeness (QED) is 0.0823. The molecule has 0 aliphatic heterocycles. The molecular weight excluding hydrogens is 508 g/mol. The van der Waals surface area contributed by atoms with Crippen molar-refractivity contribution in [2.75, 3.05) is 0 Å². The molecule has 248 valence electrons. The van der Waals surface area contributed by atoms with Gasteiger partial charge in [0.05, 0.1) is 0 Å². The molecule has 0 radical (unpaired) electrons. The number of hydrogen-bond acceptors (Lipinski definition) is 2. The van der Waals surface area contributed by atoms with Crippen molar-refractivity contribution < 1.29 is 19.8 Å². The zero-order valence-electron chi connectivity index (χ0n) is 28.6. The van der Waals surface area contributed by atoms with Crippen molar-refractivity contribution in [2.45, 2.75) is 227 Å². The van der Waals surface area contributed by atoms with Crippen LogP contribution < -0.4 is 0 Å². The molecule has 0 aromatic heterocycles. The standard InChI is InChI=1S/C15H32.C12H24O2.C10H20O2/c1-3-5-7-9-11-13-15-14-12-10-8-6-4-2;1-2-3-4-5-6-7-8-9-10-11-12(13)14;1-2-3-4-5-6-7-8-9-10(11)12/h3-15H2,1-2H3;2-11H2,1H3,(H,13,14);2-9H2,1H3,(H,11,12). The van der Waals surface area contributed by atoms with Crippen LogP contribution in [0.25, 0.3) is 0 Å². The Morgan fingerprint density at radius 1 is 0.293 bits per heavy atom. The number of hydrogen-bond donors (Lipinski definition) is 2. The highest BCUT2D eigenvalue weighted by molar-refractivity contribution is 5.66. The normalized spacial score (nSPS) is 10.4. The fourth-order valence-corrected chi connectivity index (χ4v) is 4.91. The average molecular weight is 585 g/mol. The molecule has 0 spiro atoms. The van der Waals surface area contributed by atoms with Gasteiger partial charge in [-0.05, 0) is 12.8 Å². The number of carboxylic acid groups (broad SMARTS) is 2. The van der Waals surface area contributed by atoms with Crippen LogP contribution in [0.1, 0.15) is 227 Å². The predicted molar refractivity (Wildman–Crippen MR) is 181 cm³/mol. The van der Waals surface area contributed by atoms with Gasteiger partial charge in [-0.2, -0.15) is 0 Å². The molecule has 0 heterocycles. The van der Waals surface area contributed by atoms with E-state index in [4.69, 9.17) is 10.2 Å². The zero-order chi connectivity index (χ0) is 31.1. The van der Waals surface area contributed by atoms with Crippen LogP contribution in [0, 0.1) is 0 Å². The number of carboxylic acids is 2. The Labute approximate surface area is 258 Å². The summed E-state index contributed by atoms with van der Waals surface area (Å²) in [5.74, 6) is -1.32. The lowest BCUT2D eigenvalue weighted by atomic mass is 10.1. The van der Waals surface area contributed by atoms with Gasteiger partial charge < -0.3 is 10.2 Å². The summed E-state index contributed by atoms with van der Waals surface area (Å²) in [7, 11) is 0. The van der Waals surface area contributed by atoms with Crippen molar-refractivity contribution in [2.24, 2.45) is 0 Å². The van der Waals surface area contributed by atoms with Crippen LogP contribution in [-0.4, -0.2) is 22.2 Å². The number of rotatable bonds is 30. The molecule has 0 aromatic rings. The SMILES string of the molecule is CCCCCCCCCC(=O)O.CCCCCCCCCCCC(=O)O.CCCCCCCCCCCCCCC. The van der Waals surface area contributed by atoms with Gasteiger partial charge in [-0.1, -0.05) is 201 Å². The Kier molecular flexibility index (Phi) is 47.0. The van der Waals surface area contributed by atoms with Crippen LogP contribution in [0.3, 0.4) is 0 Å². The molecule has 4 nitrogen and oxygen atoms in total. The van der Waals surface area contributed by atoms with Crippen molar-refractivity contribution >= 4 is 11.9 Å². The first kappa shape index (κ1) is 44.4. The number of unbranched alkanes of at least 4 members (excludes halogenated alkanes) is 26. The van der Waals surface area contributed by atoms with Gasteiger partial charge in [0.15, 0.2) is 0 Å². The predicted octanol–water partition coefficient (Wildman–Crippen LogP) is 13.3. The molecule has 0 saturated carbocycles. The summed E-state index contributed by atoms with van der Waals surface area (Å²) in [6.45, 7) is 9.00. The third-order valence-corrected chi connectivity index (χ3v) is 7.70. The van der Waals surface area contributed by atoms with Crippen LogP contribution in [0.4, 0.5) is 0 Å². The van der Waals surface area contributed by atoms with Crippen LogP contribution in [0.5, 0.6) is 0 Å². The molecule has 0 unspecified atom stereocenters. The summed E-state index contributed by atoms with van der Waals surface area (Å²) < 4.78 is 0. The lowest BCUT2D eigenvalue weighted by molar-refractivity contribution is -0.138. The molecule has 0 amide bonds. The lowest BCUT2D eigenvalue weighted by Crippen LogP contribution is -1.93. The van der Waals surface area contributed by atoms with E-state index in [0.29, 0.717) is 12.8 Å². The van der Waals surface area contributed by atoms with E-state index in [0.717, 1.165) is 25.7 Å². The molecule has 0 aliphatic rings. The first-order valence-corrected chi connectivity index (χ1v) is 18.4. The molecule has 0 aromatic carbocycles. The Morgan fingerprint density at radius 2 is 0.439 bits per heavy atom. The summed E-state index contributed by atoms with van der Waals surface area (Å²) in [5.41, 5.74) is 0. The third kappa shape index (κ3) is 55.5. The second kappa shape index (κ2) is 43.4. The van der Waals surface area contributed by atoms with Crippen molar-refractivity contribution in [1.29, 1.82) is 0 Å². The molecule has 0 bridgehead atoms. The topological polar surface area (TPSA) is 74.6 Å². The Hall–Kier alpha value is -1.06. The summed E-state index contributed by atoms with van der Waals surface area (Å²) in [6, 6.07) is 0. The van der Waals surface area contributed by atoms with Crippen molar-refractivity contribution in [3.63, 3.8) is 0 Å². The molecule has 2 N–H and O–H groups in total. The Balaban J connectivity index is -0.000000532. The van der Waals surface area contributed by atoms with Gasteiger partial charge in [0, 0.05) is 12.8 Å². The van der Waals surface area contributed by atoms with Gasteiger partial charge in [0.2, 0.25) is 0 Å². The van der Waals surface area contributed by atoms with E-state index in [9.17, 15) is 9.59 Å². The largest absolute Gasteiger partial charge is 0.481 e. The maximum atomic E-state index is 10.2. The highest BCUT2D eigenvalue weighted by atomic mass is 16.4. The molecule has 4 heteroatoms. The van der Waals surface area contributed by atoms with Gasteiger partial charge >= 0.3 is 11.9 Å². The molecule has 0 rings (SSSR count). The smallest absolute Gasteiger partial charge is 0.303 e. The van der Waals surface area contributed by atoms with Gasteiger partial charge in [0.25, 0.3) is 0 Å². The second-order valence-electron chi connectivity index (χ2n) is 12.1. The van der Waals surface area contributed by atoms with E-state index in [1.807, 2.05) is 0 Å². The van der Waals surface area contributed by atoms with Crippen LogP contribution in [-0.2, 0) is 9.59 Å². The zero-order valence-corrected chi connectivity index (χ0v) is 28.6. The van der Waals surface area contributed by atoms with Crippen molar-refractivity contribution in [1.82, 2.24) is 0 Å². The van der Waals surface area contributed by atoms with Crippen LogP contribution >= 0.6 is 0 Å². The fourth-order valence-electron chi connectivity index (χ4n) is 4.91. The molecule has 41 heavy (non-hydrogen) atoms. The minimum atomic E-state index is -0.663.